The molecule has 4 heteroatoms. The third kappa shape index (κ3) is 5.21. The summed E-state index contributed by atoms with van der Waals surface area (Å²) in [4.78, 5) is 11.8. The maximum absolute atomic E-state index is 11.8. The van der Waals surface area contributed by atoms with E-state index in [9.17, 15) is 4.79 Å². The van der Waals surface area contributed by atoms with Crippen LogP contribution < -0.4 is 10.6 Å². The molecule has 104 valence electrons. The average Bonchev–Trinajstić information content (AvgIpc) is 2.44. The van der Waals surface area contributed by atoms with Crippen LogP contribution in [-0.4, -0.2) is 18.5 Å². The first-order chi connectivity index (χ1) is 9.24. The Morgan fingerprint density at radius 2 is 2.32 bits per heavy atom. The van der Waals surface area contributed by atoms with Gasteiger partial charge in [-0.15, -0.1) is 0 Å². The van der Waals surface area contributed by atoms with Gasteiger partial charge >= 0.3 is 0 Å². The first kappa shape index (κ1) is 14.4. The quantitative estimate of drug-likeness (QED) is 0.871. The highest BCUT2D eigenvalue weighted by molar-refractivity contribution is 6.30. The molecule has 3 nitrogen and oxygen atoms in total. The Morgan fingerprint density at radius 3 is 3.05 bits per heavy atom. The second kappa shape index (κ2) is 7.51. The lowest BCUT2D eigenvalue weighted by molar-refractivity contribution is -0.121. The van der Waals surface area contributed by atoms with Crippen molar-refractivity contribution in [2.45, 2.75) is 44.7 Å². The van der Waals surface area contributed by atoms with Crippen molar-refractivity contribution in [3.8, 4) is 0 Å². The monoisotopic (exact) mass is 280 g/mol. The summed E-state index contributed by atoms with van der Waals surface area (Å²) in [6.07, 6.45) is 5.26. The average molecular weight is 281 g/mol. The van der Waals surface area contributed by atoms with E-state index < -0.39 is 0 Å². The zero-order valence-electron chi connectivity index (χ0n) is 11.1. The molecular formula is C15H21ClN2O. The lowest BCUT2D eigenvalue weighted by Gasteiger charge is -2.23. The fourth-order valence-corrected chi connectivity index (χ4v) is 2.62. The fraction of sp³-hybridized carbons (Fsp3) is 0.533. The molecule has 19 heavy (non-hydrogen) atoms. The summed E-state index contributed by atoms with van der Waals surface area (Å²) >= 11 is 5.90. The van der Waals surface area contributed by atoms with Gasteiger partial charge in [-0.2, -0.15) is 0 Å². The SMILES string of the molecule is O=C(CCC1CCCCN1)NCc1cccc(Cl)c1. The van der Waals surface area contributed by atoms with Gasteiger partial charge in [0.25, 0.3) is 0 Å². The van der Waals surface area contributed by atoms with E-state index in [0.717, 1.165) is 18.5 Å². The van der Waals surface area contributed by atoms with Crippen LogP contribution in [-0.2, 0) is 11.3 Å². The van der Waals surface area contributed by atoms with Crippen LogP contribution in [0.25, 0.3) is 0 Å². The number of piperidine rings is 1. The van der Waals surface area contributed by atoms with Gasteiger partial charge in [-0.25, -0.2) is 0 Å². The van der Waals surface area contributed by atoms with E-state index in [-0.39, 0.29) is 5.91 Å². The highest BCUT2D eigenvalue weighted by Gasteiger charge is 2.13. The summed E-state index contributed by atoms with van der Waals surface area (Å²) in [6, 6.07) is 8.10. The first-order valence-electron chi connectivity index (χ1n) is 6.98. The third-order valence-electron chi connectivity index (χ3n) is 3.51. The molecule has 2 rings (SSSR count). The number of carbonyl (C=O) groups is 1. The topological polar surface area (TPSA) is 41.1 Å². The molecule has 0 aliphatic carbocycles. The van der Waals surface area contributed by atoms with E-state index in [1.54, 1.807) is 0 Å². The number of amides is 1. The predicted molar refractivity (Wildman–Crippen MR) is 78.2 cm³/mol. The molecular weight excluding hydrogens is 260 g/mol. The van der Waals surface area contributed by atoms with E-state index in [2.05, 4.69) is 10.6 Å². The van der Waals surface area contributed by atoms with Crippen molar-refractivity contribution in [3.63, 3.8) is 0 Å². The Kier molecular flexibility index (Phi) is 5.67. The van der Waals surface area contributed by atoms with Crippen LogP contribution in [0.2, 0.25) is 5.02 Å². The zero-order valence-corrected chi connectivity index (χ0v) is 11.9. The van der Waals surface area contributed by atoms with Gasteiger partial charge in [0.1, 0.15) is 0 Å². The molecule has 0 saturated carbocycles. The number of hydrogen-bond donors (Lipinski definition) is 2. The molecule has 1 aliphatic rings. The zero-order chi connectivity index (χ0) is 13.5. The van der Waals surface area contributed by atoms with E-state index in [4.69, 9.17) is 11.6 Å². The summed E-state index contributed by atoms with van der Waals surface area (Å²) in [5.74, 6) is 0.118. The Morgan fingerprint density at radius 1 is 1.42 bits per heavy atom. The first-order valence-corrected chi connectivity index (χ1v) is 7.36. The van der Waals surface area contributed by atoms with Gasteiger partial charge in [0.2, 0.25) is 5.91 Å². The van der Waals surface area contributed by atoms with Crippen molar-refractivity contribution < 1.29 is 4.79 Å². The minimum atomic E-state index is 0.118. The number of benzene rings is 1. The smallest absolute Gasteiger partial charge is 0.220 e. The Balaban J connectivity index is 1.66. The predicted octanol–water partition coefficient (Wildman–Crippen LogP) is 2.88. The number of carbonyl (C=O) groups excluding carboxylic acids is 1. The minimum absolute atomic E-state index is 0.118. The molecule has 0 radical (unpaired) electrons. The van der Waals surface area contributed by atoms with Gasteiger partial charge in [0, 0.05) is 24.0 Å². The number of rotatable bonds is 5. The molecule has 1 fully saturated rings. The van der Waals surface area contributed by atoms with Gasteiger partial charge in [0.05, 0.1) is 0 Å². The molecule has 1 heterocycles. The molecule has 1 aromatic carbocycles. The fourth-order valence-electron chi connectivity index (χ4n) is 2.41. The number of halogens is 1. The van der Waals surface area contributed by atoms with Gasteiger partial charge in [-0.1, -0.05) is 30.2 Å². The van der Waals surface area contributed by atoms with Crippen molar-refractivity contribution in [3.05, 3.63) is 34.9 Å². The van der Waals surface area contributed by atoms with Crippen molar-refractivity contribution in [1.82, 2.24) is 10.6 Å². The highest BCUT2D eigenvalue weighted by Crippen LogP contribution is 2.12. The van der Waals surface area contributed by atoms with Crippen LogP contribution >= 0.6 is 11.6 Å². The number of hydrogen-bond acceptors (Lipinski definition) is 2. The van der Waals surface area contributed by atoms with Crippen LogP contribution in [0.3, 0.4) is 0 Å². The van der Waals surface area contributed by atoms with E-state index in [1.807, 2.05) is 24.3 Å². The van der Waals surface area contributed by atoms with Crippen molar-refractivity contribution in [1.29, 1.82) is 0 Å². The van der Waals surface area contributed by atoms with Crippen molar-refractivity contribution >= 4 is 17.5 Å². The molecule has 2 N–H and O–H groups in total. The second-order valence-corrected chi connectivity index (χ2v) is 5.53. The normalized spacial score (nSPS) is 19.1. The molecule has 0 bridgehead atoms. The van der Waals surface area contributed by atoms with Crippen LogP contribution in [0.1, 0.15) is 37.7 Å². The number of nitrogens with one attached hydrogen (secondary N) is 2. The highest BCUT2D eigenvalue weighted by atomic mass is 35.5. The lowest BCUT2D eigenvalue weighted by atomic mass is 10.0. The molecule has 1 aromatic rings. The molecule has 1 aliphatic heterocycles. The Labute approximate surface area is 119 Å². The minimum Gasteiger partial charge on any atom is -0.352 e. The summed E-state index contributed by atoms with van der Waals surface area (Å²) in [7, 11) is 0. The van der Waals surface area contributed by atoms with E-state index in [1.165, 1.54) is 19.3 Å². The molecule has 1 saturated heterocycles. The van der Waals surface area contributed by atoms with Gasteiger partial charge in [0.15, 0.2) is 0 Å². The third-order valence-corrected chi connectivity index (χ3v) is 3.75. The largest absolute Gasteiger partial charge is 0.352 e. The summed E-state index contributed by atoms with van der Waals surface area (Å²) < 4.78 is 0. The van der Waals surface area contributed by atoms with Crippen LogP contribution in [0.15, 0.2) is 24.3 Å². The molecule has 0 aromatic heterocycles. The van der Waals surface area contributed by atoms with Crippen LogP contribution in [0, 0.1) is 0 Å². The maximum atomic E-state index is 11.8. The Hall–Kier alpha value is -1.06. The maximum Gasteiger partial charge on any atom is 0.220 e. The van der Waals surface area contributed by atoms with E-state index in [0.29, 0.717) is 24.0 Å². The summed E-state index contributed by atoms with van der Waals surface area (Å²) in [5.41, 5.74) is 1.04. The lowest BCUT2D eigenvalue weighted by Crippen LogP contribution is -2.35. The molecule has 1 amide bonds. The van der Waals surface area contributed by atoms with Crippen LogP contribution in [0.4, 0.5) is 0 Å². The second-order valence-electron chi connectivity index (χ2n) is 5.09. The van der Waals surface area contributed by atoms with Crippen molar-refractivity contribution in [2.24, 2.45) is 0 Å². The molecule has 1 unspecified atom stereocenters. The summed E-state index contributed by atoms with van der Waals surface area (Å²) in [5, 5.41) is 7.11. The standard InChI is InChI=1S/C15H21ClN2O/c16-13-5-3-4-12(10-13)11-18-15(19)8-7-14-6-1-2-9-17-14/h3-5,10,14,17H,1-2,6-9,11H2,(H,18,19). The Bertz CT molecular complexity index is 416. The van der Waals surface area contributed by atoms with Gasteiger partial charge in [-0.3, -0.25) is 4.79 Å². The molecule has 1 atom stereocenters. The van der Waals surface area contributed by atoms with E-state index >= 15 is 0 Å². The summed E-state index contributed by atoms with van der Waals surface area (Å²) in [6.45, 7) is 1.65. The molecule has 0 spiro atoms. The van der Waals surface area contributed by atoms with Crippen molar-refractivity contribution in [2.75, 3.05) is 6.54 Å². The van der Waals surface area contributed by atoms with Gasteiger partial charge < -0.3 is 10.6 Å². The van der Waals surface area contributed by atoms with Gasteiger partial charge in [-0.05, 0) is 43.5 Å². The van der Waals surface area contributed by atoms with Crippen LogP contribution in [0.5, 0.6) is 0 Å².